The maximum atomic E-state index is 12.6. The Balaban J connectivity index is 2.16. The van der Waals surface area contributed by atoms with Crippen LogP contribution >= 0.6 is 0 Å². The fraction of sp³-hybridized carbons (Fsp3) is 0.600. The van der Waals surface area contributed by atoms with Crippen molar-refractivity contribution in [3.05, 3.63) is 23.9 Å². The lowest BCUT2D eigenvalue weighted by atomic mass is 9.78. The first kappa shape index (κ1) is 14.8. The summed E-state index contributed by atoms with van der Waals surface area (Å²) >= 11 is 0. The largest absolute Gasteiger partial charge is 0.396 e. The smallest absolute Gasteiger partial charge is 0.254 e. The molecule has 1 aromatic heterocycles. The zero-order valence-electron chi connectivity index (χ0n) is 12.2. The minimum absolute atomic E-state index is 0.0230. The normalized spacial score (nSPS) is 22.6. The molecule has 1 atom stereocenters. The third kappa shape index (κ3) is 2.93. The van der Waals surface area contributed by atoms with Gasteiger partial charge in [-0.05, 0) is 31.4 Å². The summed E-state index contributed by atoms with van der Waals surface area (Å²) in [5, 5.41) is 12.6. The van der Waals surface area contributed by atoms with E-state index in [2.05, 4.69) is 17.2 Å². The Bertz CT molecular complexity index is 472. The Morgan fingerprint density at radius 2 is 2.40 bits per heavy atom. The first-order valence-corrected chi connectivity index (χ1v) is 7.18. The van der Waals surface area contributed by atoms with E-state index in [4.69, 9.17) is 0 Å². The minimum atomic E-state index is -0.132. The van der Waals surface area contributed by atoms with Gasteiger partial charge in [0.25, 0.3) is 5.91 Å². The molecule has 1 aliphatic rings. The molecule has 1 saturated heterocycles. The van der Waals surface area contributed by atoms with Crippen LogP contribution in [0.3, 0.4) is 0 Å². The first-order valence-electron chi connectivity index (χ1n) is 7.18. The van der Waals surface area contributed by atoms with Crippen molar-refractivity contribution >= 4 is 11.7 Å². The number of piperidine rings is 1. The summed E-state index contributed by atoms with van der Waals surface area (Å²) in [4.78, 5) is 18.6. The van der Waals surface area contributed by atoms with Crippen LogP contribution in [0.25, 0.3) is 0 Å². The van der Waals surface area contributed by atoms with Crippen LogP contribution in [0.4, 0.5) is 5.82 Å². The van der Waals surface area contributed by atoms with Crippen molar-refractivity contribution in [3.63, 3.8) is 0 Å². The van der Waals surface area contributed by atoms with Crippen LogP contribution in [0.1, 0.15) is 36.5 Å². The number of aliphatic hydroxyl groups is 1. The van der Waals surface area contributed by atoms with E-state index in [0.29, 0.717) is 17.9 Å². The quantitative estimate of drug-likeness (QED) is 0.880. The van der Waals surface area contributed by atoms with Gasteiger partial charge in [0.1, 0.15) is 5.82 Å². The number of rotatable bonds is 4. The van der Waals surface area contributed by atoms with Crippen LogP contribution in [0.15, 0.2) is 18.3 Å². The number of nitrogens with zero attached hydrogens (tertiary/aromatic N) is 2. The maximum absolute atomic E-state index is 12.6. The van der Waals surface area contributed by atoms with Gasteiger partial charge < -0.3 is 15.3 Å². The van der Waals surface area contributed by atoms with Crippen LogP contribution in [0.2, 0.25) is 0 Å². The summed E-state index contributed by atoms with van der Waals surface area (Å²) in [6.45, 7) is 3.62. The summed E-state index contributed by atoms with van der Waals surface area (Å²) in [6, 6.07) is 3.51. The Kier molecular flexibility index (Phi) is 4.60. The predicted octanol–water partition coefficient (Wildman–Crippen LogP) is 1.75. The van der Waals surface area contributed by atoms with E-state index < -0.39 is 0 Å². The van der Waals surface area contributed by atoms with E-state index >= 15 is 0 Å². The van der Waals surface area contributed by atoms with E-state index in [1.54, 1.807) is 25.4 Å². The van der Waals surface area contributed by atoms with Gasteiger partial charge in [0.05, 0.1) is 6.61 Å². The molecule has 0 aromatic carbocycles. The van der Waals surface area contributed by atoms with E-state index in [1.807, 2.05) is 4.90 Å². The predicted molar refractivity (Wildman–Crippen MR) is 78.7 cm³/mol. The number of anilines is 1. The lowest BCUT2D eigenvalue weighted by molar-refractivity contribution is 0.0251. The molecular formula is C15H23N3O2. The number of likely N-dealkylation sites (tertiary alicyclic amines) is 1. The molecule has 0 radical (unpaired) electrons. The Morgan fingerprint density at radius 1 is 1.60 bits per heavy atom. The standard InChI is InChI=1S/C15H23N3O2/c1-3-15(11-19)6-4-8-18(10-15)14(20)12-5-7-17-13(9-12)16-2/h5,7,9,19H,3-4,6,8,10-11H2,1-2H3,(H,16,17)/t15-/m1/s1. The SMILES string of the molecule is CC[C@@]1(CO)CCCN(C(=O)c2ccnc(NC)c2)C1. The average Bonchev–Trinajstić information content (AvgIpc) is 2.54. The van der Waals surface area contributed by atoms with E-state index in [0.717, 1.165) is 25.8 Å². The minimum Gasteiger partial charge on any atom is -0.396 e. The van der Waals surface area contributed by atoms with Crippen LogP contribution in [-0.4, -0.2) is 47.6 Å². The molecule has 0 unspecified atom stereocenters. The number of aromatic nitrogens is 1. The van der Waals surface area contributed by atoms with Crippen LogP contribution in [-0.2, 0) is 0 Å². The fourth-order valence-corrected chi connectivity index (χ4v) is 2.79. The van der Waals surface area contributed by atoms with Gasteiger partial charge in [-0.1, -0.05) is 6.92 Å². The van der Waals surface area contributed by atoms with Crippen molar-refractivity contribution in [3.8, 4) is 0 Å². The number of amides is 1. The zero-order chi connectivity index (χ0) is 14.6. The Hall–Kier alpha value is -1.62. The van der Waals surface area contributed by atoms with Gasteiger partial charge in [0.2, 0.25) is 0 Å². The molecule has 2 heterocycles. The van der Waals surface area contributed by atoms with Crippen molar-refractivity contribution in [2.75, 3.05) is 32.1 Å². The second-order valence-electron chi connectivity index (χ2n) is 5.52. The number of pyridine rings is 1. The van der Waals surface area contributed by atoms with Gasteiger partial charge in [0.15, 0.2) is 0 Å². The van der Waals surface area contributed by atoms with Crippen molar-refractivity contribution in [1.29, 1.82) is 0 Å². The number of nitrogens with one attached hydrogen (secondary N) is 1. The Morgan fingerprint density at radius 3 is 3.05 bits per heavy atom. The molecule has 0 aliphatic carbocycles. The average molecular weight is 277 g/mol. The van der Waals surface area contributed by atoms with Crippen molar-refractivity contribution in [2.45, 2.75) is 26.2 Å². The number of aliphatic hydroxyl groups excluding tert-OH is 1. The van der Waals surface area contributed by atoms with E-state index in [9.17, 15) is 9.90 Å². The molecule has 1 fully saturated rings. The van der Waals surface area contributed by atoms with Gasteiger partial charge in [-0.3, -0.25) is 4.79 Å². The van der Waals surface area contributed by atoms with Crippen molar-refractivity contribution in [1.82, 2.24) is 9.88 Å². The molecule has 5 heteroatoms. The molecule has 110 valence electrons. The van der Waals surface area contributed by atoms with Gasteiger partial charge in [-0.25, -0.2) is 4.98 Å². The third-order valence-corrected chi connectivity index (χ3v) is 4.30. The number of carbonyl (C=O) groups is 1. The third-order valence-electron chi connectivity index (χ3n) is 4.30. The van der Waals surface area contributed by atoms with E-state index in [1.165, 1.54) is 0 Å². The van der Waals surface area contributed by atoms with Gasteiger partial charge in [-0.15, -0.1) is 0 Å². The molecule has 2 N–H and O–H groups in total. The number of carbonyl (C=O) groups excluding carboxylic acids is 1. The monoisotopic (exact) mass is 277 g/mol. The first-order chi connectivity index (χ1) is 9.64. The summed E-state index contributed by atoms with van der Waals surface area (Å²) in [7, 11) is 1.78. The number of hydrogen-bond acceptors (Lipinski definition) is 4. The highest BCUT2D eigenvalue weighted by atomic mass is 16.3. The summed E-state index contributed by atoms with van der Waals surface area (Å²) in [5.74, 6) is 0.714. The molecule has 1 amide bonds. The molecule has 20 heavy (non-hydrogen) atoms. The molecule has 1 aromatic rings. The summed E-state index contributed by atoms with van der Waals surface area (Å²) in [6.07, 6.45) is 4.47. The second-order valence-corrected chi connectivity index (χ2v) is 5.52. The second kappa shape index (κ2) is 6.22. The number of hydrogen-bond donors (Lipinski definition) is 2. The molecule has 5 nitrogen and oxygen atoms in total. The molecule has 0 bridgehead atoms. The van der Waals surface area contributed by atoms with E-state index in [-0.39, 0.29) is 17.9 Å². The highest BCUT2D eigenvalue weighted by molar-refractivity contribution is 5.94. The topological polar surface area (TPSA) is 65.5 Å². The molecule has 2 rings (SSSR count). The van der Waals surface area contributed by atoms with Crippen LogP contribution in [0, 0.1) is 5.41 Å². The molecular weight excluding hydrogens is 254 g/mol. The highest BCUT2D eigenvalue weighted by Crippen LogP contribution is 2.33. The van der Waals surface area contributed by atoms with Gasteiger partial charge in [0, 0.05) is 37.3 Å². The highest BCUT2D eigenvalue weighted by Gasteiger charge is 2.35. The van der Waals surface area contributed by atoms with Crippen LogP contribution < -0.4 is 5.32 Å². The molecule has 0 saturated carbocycles. The molecule has 0 spiro atoms. The Labute approximate surface area is 120 Å². The molecule has 1 aliphatic heterocycles. The van der Waals surface area contributed by atoms with Gasteiger partial charge >= 0.3 is 0 Å². The summed E-state index contributed by atoms with van der Waals surface area (Å²) < 4.78 is 0. The van der Waals surface area contributed by atoms with Crippen LogP contribution in [0.5, 0.6) is 0 Å². The van der Waals surface area contributed by atoms with Crippen molar-refractivity contribution < 1.29 is 9.90 Å². The fourth-order valence-electron chi connectivity index (χ4n) is 2.79. The van der Waals surface area contributed by atoms with Gasteiger partial charge in [-0.2, -0.15) is 0 Å². The zero-order valence-corrected chi connectivity index (χ0v) is 12.2. The lowest BCUT2D eigenvalue weighted by Crippen LogP contribution is -2.47. The lowest BCUT2D eigenvalue weighted by Gasteiger charge is -2.41. The maximum Gasteiger partial charge on any atom is 0.254 e. The van der Waals surface area contributed by atoms with Crippen molar-refractivity contribution in [2.24, 2.45) is 5.41 Å². The summed E-state index contributed by atoms with van der Waals surface area (Å²) in [5.41, 5.74) is 0.515.